The zero-order chi connectivity index (χ0) is 23.1. The molecule has 0 radical (unpaired) electrons. The largest absolute Gasteiger partial charge is 0.352 e. The Morgan fingerprint density at radius 1 is 1.00 bits per heavy atom. The van der Waals surface area contributed by atoms with Crippen LogP contribution in [0.1, 0.15) is 44.7 Å². The number of piperazine rings is 1. The Balaban J connectivity index is 0.00000385. The van der Waals surface area contributed by atoms with E-state index in [0.29, 0.717) is 11.9 Å². The standard InChI is InChI=1S/C25H42N6O.HI/c1-20(2)28(5)19-23-11-7-6-10-22(23)18-27-25(26-4)31-16-14-29(15-17-31)21(3)24(32)30-12-8-9-13-30;/h6-7,10-11,20-21H,8-9,12-19H2,1-5H3,(H,26,27);1H. The Bertz CT molecular complexity index is 772. The van der Waals surface area contributed by atoms with Crippen LogP contribution in [0.4, 0.5) is 0 Å². The number of carbonyl (C=O) groups is 1. The van der Waals surface area contributed by atoms with E-state index in [-0.39, 0.29) is 30.0 Å². The molecule has 1 atom stereocenters. The number of guanidine groups is 1. The second-order valence-corrected chi connectivity index (χ2v) is 9.41. The van der Waals surface area contributed by atoms with E-state index in [1.165, 1.54) is 11.1 Å². The van der Waals surface area contributed by atoms with Crippen LogP contribution in [0.25, 0.3) is 0 Å². The predicted molar refractivity (Wildman–Crippen MR) is 147 cm³/mol. The molecule has 1 N–H and O–H groups in total. The number of hydrogen-bond donors (Lipinski definition) is 1. The van der Waals surface area contributed by atoms with E-state index in [1.807, 2.05) is 11.9 Å². The minimum Gasteiger partial charge on any atom is -0.352 e. The number of nitrogens with one attached hydrogen (secondary N) is 1. The van der Waals surface area contributed by atoms with Crippen LogP contribution in [0.2, 0.25) is 0 Å². The molecule has 1 unspecified atom stereocenters. The van der Waals surface area contributed by atoms with E-state index in [4.69, 9.17) is 0 Å². The second-order valence-electron chi connectivity index (χ2n) is 9.41. The van der Waals surface area contributed by atoms with Gasteiger partial charge in [-0.15, -0.1) is 24.0 Å². The topological polar surface area (TPSA) is 54.4 Å². The highest BCUT2D eigenvalue weighted by Gasteiger charge is 2.30. The van der Waals surface area contributed by atoms with Crippen LogP contribution in [-0.4, -0.2) is 96.9 Å². The van der Waals surface area contributed by atoms with Crippen LogP contribution in [0.3, 0.4) is 0 Å². The fourth-order valence-electron chi connectivity index (χ4n) is 4.52. The molecule has 2 fully saturated rings. The quantitative estimate of drug-likeness (QED) is 0.311. The molecule has 2 saturated heterocycles. The summed E-state index contributed by atoms with van der Waals surface area (Å²) < 4.78 is 0. The van der Waals surface area contributed by atoms with Gasteiger partial charge in [0.25, 0.3) is 0 Å². The third kappa shape index (κ3) is 7.55. The van der Waals surface area contributed by atoms with Crippen molar-refractivity contribution in [3.63, 3.8) is 0 Å². The van der Waals surface area contributed by atoms with Crippen molar-refractivity contribution in [3.8, 4) is 0 Å². The molecule has 2 aliphatic heterocycles. The van der Waals surface area contributed by atoms with E-state index in [9.17, 15) is 4.79 Å². The molecule has 3 rings (SSSR count). The molecule has 0 bridgehead atoms. The van der Waals surface area contributed by atoms with E-state index in [0.717, 1.165) is 71.2 Å². The minimum absolute atomic E-state index is 0. The highest BCUT2D eigenvalue weighted by atomic mass is 127. The summed E-state index contributed by atoms with van der Waals surface area (Å²) >= 11 is 0. The molecule has 8 heteroatoms. The molecule has 0 spiro atoms. The molecule has 1 amide bonds. The lowest BCUT2D eigenvalue weighted by Crippen LogP contribution is -2.57. The van der Waals surface area contributed by atoms with Crippen molar-refractivity contribution < 1.29 is 4.79 Å². The Kier molecular flexibility index (Phi) is 11.4. The summed E-state index contributed by atoms with van der Waals surface area (Å²) in [4.78, 5) is 26.3. The van der Waals surface area contributed by atoms with Crippen molar-refractivity contribution in [2.24, 2.45) is 4.99 Å². The molecule has 186 valence electrons. The third-order valence-electron chi connectivity index (χ3n) is 7.01. The number of likely N-dealkylation sites (tertiary alicyclic amines) is 1. The number of amides is 1. The number of aliphatic imine (C=N–C) groups is 1. The lowest BCUT2D eigenvalue weighted by Gasteiger charge is -2.39. The van der Waals surface area contributed by atoms with E-state index in [2.05, 4.69) is 77.1 Å². The highest BCUT2D eigenvalue weighted by Crippen LogP contribution is 2.15. The van der Waals surface area contributed by atoms with Gasteiger partial charge in [-0.05, 0) is 51.8 Å². The summed E-state index contributed by atoms with van der Waals surface area (Å²) in [5, 5.41) is 3.57. The molecule has 2 heterocycles. The molecule has 1 aromatic rings. The van der Waals surface area contributed by atoms with Crippen molar-refractivity contribution in [1.82, 2.24) is 24.9 Å². The molecule has 0 saturated carbocycles. The number of rotatable bonds is 7. The fraction of sp³-hybridized carbons (Fsp3) is 0.680. The zero-order valence-corrected chi connectivity index (χ0v) is 23.4. The maximum Gasteiger partial charge on any atom is 0.239 e. The molecule has 33 heavy (non-hydrogen) atoms. The van der Waals surface area contributed by atoms with Crippen LogP contribution >= 0.6 is 24.0 Å². The first-order chi connectivity index (χ1) is 15.4. The van der Waals surface area contributed by atoms with Crippen molar-refractivity contribution in [2.45, 2.75) is 58.8 Å². The minimum atomic E-state index is -0.0324. The molecule has 7 nitrogen and oxygen atoms in total. The SMILES string of the molecule is CN=C(NCc1ccccc1CN(C)C(C)C)N1CCN(C(C)C(=O)N2CCCC2)CC1.I. The lowest BCUT2D eigenvalue weighted by molar-refractivity contribution is -0.135. The van der Waals surface area contributed by atoms with Gasteiger partial charge < -0.3 is 15.1 Å². The van der Waals surface area contributed by atoms with Crippen molar-refractivity contribution in [1.29, 1.82) is 0 Å². The van der Waals surface area contributed by atoms with Crippen molar-refractivity contribution in [3.05, 3.63) is 35.4 Å². The van der Waals surface area contributed by atoms with Gasteiger partial charge >= 0.3 is 0 Å². The monoisotopic (exact) mass is 570 g/mol. The average molecular weight is 571 g/mol. The van der Waals surface area contributed by atoms with Gasteiger partial charge in [0.15, 0.2) is 5.96 Å². The number of halogens is 1. The van der Waals surface area contributed by atoms with Gasteiger partial charge in [0.05, 0.1) is 6.04 Å². The van der Waals surface area contributed by atoms with Gasteiger partial charge in [-0.3, -0.25) is 19.6 Å². The van der Waals surface area contributed by atoms with E-state index in [1.54, 1.807) is 0 Å². The number of nitrogens with zero attached hydrogens (tertiary/aromatic N) is 5. The van der Waals surface area contributed by atoms with Crippen LogP contribution in [0.5, 0.6) is 0 Å². The van der Waals surface area contributed by atoms with Crippen LogP contribution in [-0.2, 0) is 17.9 Å². The van der Waals surface area contributed by atoms with Crippen LogP contribution < -0.4 is 5.32 Å². The lowest BCUT2D eigenvalue weighted by atomic mass is 10.1. The van der Waals surface area contributed by atoms with E-state index >= 15 is 0 Å². The predicted octanol–water partition coefficient (Wildman–Crippen LogP) is 2.85. The van der Waals surface area contributed by atoms with E-state index < -0.39 is 0 Å². The maximum absolute atomic E-state index is 12.8. The summed E-state index contributed by atoms with van der Waals surface area (Å²) in [6.07, 6.45) is 2.29. The highest BCUT2D eigenvalue weighted by molar-refractivity contribution is 14.0. The molecule has 1 aromatic carbocycles. The summed E-state index contributed by atoms with van der Waals surface area (Å²) in [6, 6.07) is 9.13. The van der Waals surface area contributed by atoms with Gasteiger partial charge in [0.1, 0.15) is 0 Å². The summed E-state index contributed by atoms with van der Waals surface area (Å²) in [7, 11) is 4.02. The summed E-state index contributed by atoms with van der Waals surface area (Å²) in [5.74, 6) is 1.23. The number of benzene rings is 1. The Hall–Kier alpha value is -1.39. The zero-order valence-electron chi connectivity index (χ0n) is 21.1. The summed E-state index contributed by atoms with van der Waals surface area (Å²) in [5.41, 5.74) is 2.66. The Morgan fingerprint density at radius 2 is 1.61 bits per heavy atom. The number of hydrogen-bond acceptors (Lipinski definition) is 4. The summed E-state index contributed by atoms with van der Waals surface area (Å²) in [6.45, 7) is 13.6. The van der Waals surface area contributed by atoms with Crippen LogP contribution in [0.15, 0.2) is 29.3 Å². The van der Waals surface area contributed by atoms with Crippen molar-refractivity contribution >= 4 is 35.8 Å². The molecular formula is C25H43IN6O. The third-order valence-corrected chi connectivity index (χ3v) is 7.01. The first-order valence-electron chi connectivity index (χ1n) is 12.2. The smallest absolute Gasteiger partial charge is 0.239 e. The average Bonchev–Trinajstić information content (AvgIpc) is 3.35. The van der Waals surface area contributed by atoms with Gasteiger partial charge in [-0.1, -0.05) is 24.3 Å². The molecule has 2 aliphatic rings. The maximum atomic E-state index is 12.8. The fourth-order valence-corrected chi connectivity index (χ4v) is 4.52. The van der Waals surface area contributed by atoms with Crippen LogP contribution in [0, 0.1) is 0 Å². The molecular weight excluding hydrogens is 527 g/mol. The Labute approximate surface area is 217 Å². The van der Waals surface area contributed by atoms with Gasteiger partial charge in [0, 0.05) is 65.4 Å². The Morgan fingerprint density at radius 3 is 2.18 bits per heavy atom. The van der Waals surface area contributed by atoms with Gasteiger partial charge in [0.2, 0.25) is 5.91 Å². The normalized spacial score (nSPS) is 18.6. The first kappa shape index (κ1) is 27.9. The molecule has 0 aliphatic carbocycles. The van der Waals surface area contributed by atoms with Gasteiger partial charge in [-0.25, -0.2) is 0 Å². The second kappa shape index (κ2) is 13.5. The van der Waals surface area contributed by atoms with Gasteiger partial charge in [-0.2, -0.15) is 0 Å². The number of carbonyl (C=O) groups excluding carboxylic acids is 1. The molecule has 0 aromatic heterocycles. The van der Waals surface area contributed by atoms with Crippen molar-refractivity contribution in [2.75, 3.05) is 53.4 Å². The first-order valence-corrected chi connectivity index (χ1v) is 12.2.